The summed E-state index contributed by atoms with van der Waals surface area (Å²) in [6, 6.07) is 5.83. The molecule has 1 aromatic carbocycles. The second-order valence-electron chi connectivity index (χ2n) is 6.02. The molecule has 110 valence electrons. The summed E-state index contributed by atoms with van der Waals surface area (Å²) in [5.41, 5.74) is 2.05. The van der Waals surface area contributed by atoms with Gasteiger partial charge >= 0.3 is 5.97 Å². The normalized spacial score (nSPS) is 24.1. The van der Waals surface area contributed by atoms with Crippen LogP contribution in [0.4, 0.5) is 0 Å². The molecular weight excluding hydrogens is 252 g/mol. The smallest absolute Gasteiger partial charge is 0.310 e. The summed E-state index contributed by atoms with van der Waals surface area (Å²) in [6.45, 7) is 4.03. The van der Waals surface area contributed by atoms with Gasteiger partial charge in [-0.1, -0.05) is 31.9 Å². The van der Waals surface area contributed by atoms with E-state index in [9.17, 15) is 4.79 Å². The Bertz CT molecular complexity index is 473. The standard InChI is InChI=1S/C17H24O3/c1-11-4-6-13(7-5-11)15-10-14(12(2)17(18)19)8-9-16(15)20-3/h8-13H,4-7H2,1-3H3,(H,18,19). The summed E-state index contributed by atoms with van der Waals surface area (Å²) < 4.78 is 5.47. The van der Waals surface area contributed by atoms with Crippen LogP contribution in [0.2, 0.25) is 0 Å². The summed E-state index contributed by atoms with van der Waals surface area (Å²) in [7, 11) is 1.69. The van der Waals surface area contributed by atoms with Gasteiger partial charge < -0.3 is 9.84 Å². The van der Waals surface area contributed by atoms with Gasteiger partial charge in [0.2, 0.25) is 0 Å². The number of carboxylic acids is 1. The maximum absolute atomic E-state index is 11.2. The fourth-order valence-electron chi connectivity index (χ4n) is 3.05. The first-order valence-electron chi connectivity index (χ1n) is 7.43. The number of hydrogen-bond acceptors (Lipinski definition) is 2. The Morgan fingerprint density at radius 2 is 1.95 bits per heavy atom. The second kappa shape index (κ2) is 6.29. The van der Waals surface area contributed by atoms with Crippen molar-refractivity contribution in [2.75, 3.05) is 7.11 Å². The minimum Gasteiger partial charge on any atom is -0.496 e. The van der Waals surface area contributed by atoms with E-state index in [1.165, 1.54) is 31.2 Å². The molecule has 1 saturated carbocycles. The number of hydrogen-bond donors (Lipinski definition) is 1. The van der Waals surface area contributed by atoms with E-state index in [1.54, 1.807) is 14.0 Å². The highest BCUT2D eigenvalue weighted by molar-refractivity contribution is 5.75. The number of carboxylic acid groups (broad SMARTS) is 1. The molecule has 0 spiro atoms. The van der Waals surface area contributed by atoms with Gasteiger partial charge in [0.05, 0.1) is 13.0 Å². The van der Waals surface area contributed by atoms with E-state index in [1.807, 2.05) is 18.2 Å². The van der Waals surface area contributed by atoms with E-state index in [0.717, 1.165) is 17.2 Å². The average Bonchev–Trinajstić information content (AvgIpc) is 2.46. The number of aliphatic carboxylic acids is 1. The quantitative estimate of drug-likeness (QED) is 0.897. The Morgan fingerprint density at radius 3 is 2.50 bits per heavy atom. The highest BCUT2D eigenvalue weighted by Crippen LogP contribution is 2.40. The Labute approximate surface area is 121 Å². The van der Waals surface area contributed by atoms with Crippen LogP contribution in [0.25, 0.3) is 0 Å². The molecule has 1 aliphatic rings. The fourth-order valence-corrected chi connectivity index (χ4v) is 3.05. The predicted molar refractivity (Wildman–Crippen MR) is 79.4 cm³/mol. The van der Waals surface area contributed by atoms with E-state index in [2.05, 4.69) is 6.92 Å². The molecule has 1 aliphatic carbocycles. The maximum atomic E-state index is 11.2. The van der Waals surface area contributed by atoms with Crippen LogP contribution in [0.3, 0.4) is 0 Å². The monoisotopic (exact) mass is 276 g/mol. The van der Waals surface area contributed by atoms with Gasteiger partial charge in [-0.05, 0) is 48.8 Å². The third-order valence-corrected chi connectivity index (χ3v) is 4.58. The van der Waals surface area contributed by atoms with E-state index >= 15 is 0 Å². The molecular formula is C17H24O3. The van der Waals surface area contributed by atoms with Crippen molar-refractivity contribution in [2.24, 2.45) is 5.92 Å². The number of carbonyl (C=O) groups is 1. The van der Waals surface area contributed by atoms with Gasteiger partial charge in [-0.15, -0.1) is 0 Å². The SMILES string of the molecule is COc1ccc(C(C)C(=O)O)cc1C1CCC(C)CC1. The van der Waals surface area contributed by atoms with Crippen LogP contribution in [-0.4, -0.2) is 18.2 Å². The molecule has 20 heavy (non-hydrogen) atoms. The second-order valence-corrected chi connectivity index (χ2v) is 6.02. The van der Waals surface area contributed by atoms with Gasteiger partial charge in [0.25, 0.3) is 0 Å². The molecule has 1 fully saturated rings. The van der Waals surface area contributed by atoms with E-state index < -0.39 is 11.9 Å². The maximum Gasteiger partial charge on any atom is 0.310 e. The lowest BCUT2D eigenvalue weighted by atomic mass is 9.78. The van der Waals surface area contributed by atoms with Crippen molar-refractivity contribution in [3.05, 3.63) is 29.3 Å². The van der Waals surface area contributed by atoms with Gasteiger partial charge in [-0.2, -0.15) is 0 Å². The van der Waals surface area contributed by atoms with Crippen LogP contribution in [0.1, 0.15) is 62.5 Å². The van der Waals surface area contributed by atoms with Crippen molar-refractivity contribution in [1.29, 1.82) is 0 Å². The summed E-state index contributed by atoms with van der Waals surface area (Å²) in [6.07, 6.45) is 4.82. The van der Waals surface area contributed by atoms with E-state index in [0.29, 0.717) is 5.92 Å². The van der Waals surface area contributed by atoms with Crippen molar-refractivity contribution in [3.63, 3.8) is 0 Å². The number of methoxy groups -OCH3 is 1. The minimum atomic E-state index is -0.779. The minimum absolute atomic E-state index is 0.470. The average molecular weight is 276 g/mol. The van der Waals surface area contributed by atoms with Crippen LogP contribution in [0.5, 0.6) is 5.75 Å². The molecule has 1 unspecified atom stereocenters. The zero-order valence-electron chi connectivity index (χ0n) is 12.6. The molecule has 0 radical (unpaired) electrons. The van der Waals surface area contributed by atoms with Crippen LogP contribution in [0.15, 0.2) is 18.2 Å². The van der Waals surface area contributed by atoms with Gasteiger partial charge in [0.1, 0.15) is 5.75 Å². The van der Waals surface area contributed by atoms with Crippen LogP contribution < -0.4 is 4.74 Å². The summed E-state index contributed by atoms with van der Waals surface area (Å²) in [4.78, 5) is 11.2. The molecule has 3 heteroatoms. The fraction of sp³-hybridized carbons (Fsp3) is 0.588. The van der Waals surface area contributed by atoms with Gasteiger partial charge in [0.15, 0.2) is 0 Å². The highest BCUT2D eigenvalue weighted by Gasteiger charge is 2.24. The first kappa shape index (κ1) is 14.9. The van der Waals surface area contributed by atoms with Crippen molar-refractivity contribution in [2.45, 2.75) is 51.4 Å². The van der Waals surface area contributed by atoms with E-state index in [-0.39, 0.29) is 0 Å². The lowest BCUT2D eigenvalue weighted by molar-refractivity contribution is -0.138. The number of rotatable bonds is 4. The molecule has 2 rings (SSSR count). The van der Waals surface area contributed by atoms with Crippen molar-refractivity contribution in [3.8, 4) is 5.75 Å². The Kier molecular flexibility index (Phi) is 4.69. The lowest BCUT2D eigenvalue weighted by Crippen LogP contribution is -2.13. The van der Waals surface area contributed by atoms with Gasteiger partial charge in [0, 0.05) is 0 Å². The Hall–Kier alpha value is -1.51. The molecule has 0 aliphatic heterocycles. The van der Waals surface area contributed by atoms with Crippen LogP contribution in [-0.2, 0) is 4.79 Å². The first-order valence-corrected chi connectivity index (χ1v) is 7.43. The predicted octanol–water partition coefficient (Wildman–Crippen LogP) is 4.18. The molecule has 0 bridgehead atoms. The summed E-state index contributed by atoms with van der Waals surface area (Å²) >= 11 is 0. The zero-order chi connectivity index (χ0) is 14.7. The third kappa shape index (κ3) is 3.14. The Morgan fingerprint density at radius 1 is 1.30 bits per heavy atom. The van der Waals surface area contributed by atoms with Crippen molar-refractivity contribution in [1.82, 2.24) is 0 Å². The van der Waals surface area contributed by atoms with Gasteiger partial charge in [-0.3, -0.25) is 4.79 Å². The topological polar surface area (TPSA) is 46.5 Å². The van der Waals surface area contributed by atoms with Crippen molar-refractivity contribution >= 4 is 5.97 Å². The zero-order valence-corrected chi connectivity index (χ0v) is 12.6. The molecule has 0 amide bonds. The summed E-state index contributed by atoms with van der Waals surface area (Å²) in [5, 5.41) is 9.17. The molecule has 3 nitrogen and oxygen atoms in total. The molecule has 1 aromatic rings. The summed E-state index contributed by atoms with van der Waals surface area (Å²) in [5.74, 6) is 0.951. The van der Waals surface area contributed by atoms with Crippen LogP contribution in [0, 0.1) is 5.92 Å². The molecule has 0 aromatic heterocycles. The van der Waals surface area contributed by atoms with E-state index in [4.69, 9.17) is 9.84 Å². The third-order valence-electron chi connectivity index (χ3n) is 4.58. The van der Waals surface area contributed by atoms with Crippen molar-refractivity contribution < 1.29 is 14.6 Å². The Balaban J connectivity index is 2.29. The number of ether oxygens (including phenoxy) is 1. The van der Waals surface area contributed by atoms with Crippen LogP contribution >= 0.6 is 0 Å². The lowest BCUT2D eigenvalue weighted by Gasteiger charge is -2.28. The van der Waals surface area contributed by atoms with Gasteiger partial charge in [-0.25, -0.2) is 0 Å². The molecule has 1 N–H and O–H groups in total. The molecule has 1 atom stereocenters. The number of benzene rings is 1. The highest BCUT2D eigenvalue weighted by atomic mass is 16.5. The first-order chi connectivity index (χ1) is 9.52. The molecule has 0 saturated heterocycles. The molecule has 0 heterocycles. The largest absolute Gasteiger partial charge is 0.496 e.